The predicted octanol–water partition coefficient (Wildman–Crippen LogP) is 1.06. The van der Waals surface area contributed by atoms with Gasteiger partial charge in [0.05, 0.1) is 25.1 Å². The summed E-state index contributed by atoms with van der Waals surface area (Å²) < 4.78 is 6.75. The number of morpholine rings is 1. The van der Waals surface area contributed by atoms with Crippen LogP contribution in [0, 0.1) is 0 Å². The number of carbonyl (C=O) groups excluding carboxylic acids is 2. The van der Waals surface area contributed by atoms with Gasteiger partial charge < -0.3 is 20.3 Å². The van der Waals surface area contributed by atoms with Crippen LogP contribution in [0.4, 0.5) is 10.5 Å². The number of anilines is 1. The van der Waals surface area contributed by atoms with Crippen LogP contribution in [0.15, 0.2) is 42.7 Å². The number of ether oxygens (including phenoxy) is 1. The molecule has 1 aliphatic rings. The van der Waals surface area contributed by atoms with E-state index in [0.717, 1.165) is 5.56 Å². The summed E-state index contributed by atoms with van der Waals surface area (Å²) in [6.45, 7) is 2.93. The van der Waals surface area contributed by atoms with E-state index in [0.29, 0.717) is 38.5 Å². The maximum absolute atomic E-state index is 12.2. The summed E-state index contributed by atoms with van der Waals surface area (Å²) in [6, 6.07) is 9.33. The van der Waals surface area contributed by atoms with Gasteiger partial charge in [-0.05, 0) is 5.56 Å². The zero-order valence-corrected chi connectivity index (χ0v) is 13.9. The molecule has 1 aromatic carbocycles. The van der Waals surface area contributed by atoms with Crippen molar-refractivity contribution in [2.24, 2.45) is 0 Å². The highest BCUT2D eigenvalue weighted by Crippen LogP contribution is 2.06. The molecule has 25 heavy (non-hydrogen) atoms. The number of aromatic nitrogens is 2. The Morgan fingerprint density at radius 2 is 1.92 bits per heavy atom. The van der Waals surface area contributed by atoms with Gasteiger partial charge in [-0.3, -0.25) is 9.48 Å². The molecule has 0 aliphatic carbocycles. The van der Waals surface area contributed by atoms with Crippen LogP contribution >= 0.6 is 0 Å². The number of amides is 3. The standard InChI is InChI=1S/C17H21N5O3/c23-16(21-6-8-25-9-7-21)13-22-12-15(11-19-22)20-17(24)18-10-14-4-2-1-3-5-14/h1-5,11-12H,6-10,13H2,(H2,18,20,24). The third-order valence-electron chi connectivity index (χ3n) is 3.85. The molecule has 0 radical (unpaired) electrons. The van der Waals surface area contributed by atoms with Gasteiger partial charge in [-0.15, -0.1) is 0 Å². The summed E-state index contributed by atoms with van der Waals surface area (Å²) >= 11 is 0. The Morgan fingerprint density at radius 3 is 2.68 bits per heavy atom. The zero-order chi connectivity index (χ0) is 17.5. The molecule has 8 heteroatoms. The van der Waals surface area contributed by atoms with E-state index in [1.165, 1.54) is 10.9 Å². The molecule has 1 fully saturated rings. The molecule has 0 unspecified atom stereocenters. The summed E-state index contributed by atoms with van der Waals surface area (Å²) in [5, 5.41) is 9.60. The third-order valence-corrected chi connectivity index (χ3v) is 3.85. The van der Waals surface area contributed by atoms with E-state index in [9.17, 15) is 9.59 Å². The molecule has 1 aliphatic heterocycles. The fraction of sp³-hybridized carbons (Fsp3) is 0.353. The minimum atomic E-state index is -0.317. The zero-order valence-electron chi connectivity index (χ0n) is 13.9. The highest BCUT2D eigenvalue weighted by molar-refractivity contribution is 5.88. The molecule has 1 saturated heterocycles. The minimum absolute atomic E-state index is 0.00789. The van der Waals surface area contributed by atoms with Gasteiger partial charge >= 0.3 is 6.03 Å². The van der Waals surface area contributed by atoms with E-state index in [-0.39, 0.29) is 18.5 Å². The van der Waals surface area contributed by atoms with E-state index >= 15 is 0 Å². The Balaban J connectivity index is 1.46. The summed E-state index contributed by atoms with van der Waals surface area (Å²) in [7, 11) is 0. The molecular weight excluding hydrogens is 322 g/mol. The molecule has 2 aromatic rings. The van der Waals surface area contributed by atoms with Crippen LogP contribution in [0.25, 0.3) is 0 Å². The van der Waals surface area contributed by atoms with E-state index in [4.69, 9.17) is 4.74 Å². The molecule has 3 rings (SSSR count). The third kappa shape index (κ3) is 5.05. The van der Waals surface area contributed by atoms with Crippen LogP contribution in [0.2, 0.25) is 0 Å². The predicted molar refractivity (Wildman–Crippen MR) is 91.9 cm³/mol. The monoisotopic (exact) mass is 343 g/mol. The van der Waals surface area contributed by atoms with Gasteiger partial charge in [0.2, 0.25) is 5.91 Å². The quantitative estimate of drug-likeness (QED) is 0.850. The van der Waals surface area contributed by atoms with Gasteiger partial charge in [-0.1, -0.05) is 30.3 Å². The Kier molecular flexibility index (Phi) is 5.63. The maximum atomic E-state index is 12.2. The van der Waals surface area contributed by atoms with E-state index in [1.807, 2.05) is 30.3 Å². The lowest BCUT2D eigenvalue weighted by molar-refractivity contribution is -0.136. The SMILES string of the molecule is O=C(NCc1ccccc1)Nc1cnn(CC(=O)N2CCOCC2)c1. The van der Waals surface area contributed by atoms with Gasteiger partial charge in [0.1, 0.15) is 6.54 Å². The smallest absolute Gasteiger partial charge is 0.319 e. The molecule has 0 saturated carbocycles. The lowest BCUT2D eigenvalue weighted by Crippen LogP contribution is -2.42. The lowest BCUT2D eigenvalue weighted by atomic mass is 10.2. The first-order chi connectivity index (χ1) is 12.2. The molecule has 2 heterocycles. The average Bonchev–Trinajstić information content (AvgIpc) is 3.08. The number of urea groups is 1. The van der Waals surface area contributed by atoms with Crippen LogP contribution in [0.5, 0.6) is 0 Å². The van der Waals surface area contributed by atoms with Crippen molar-refractivity contribution in [2.75, 3.05) is 31.6 Å². The second kappa shape index (κ2) is 8.29. The van der Waals surface area contributed by atoms with Gasteiger partial charge in [-0.25, -0.2) is 4.79 Å². The molecule has 2 N–H and O–H groups in total. The summed E-state index contributed by atoms with van der Waals surface area (Å²) in [5.41, 5.74) is 1.56. The first-order valence-corrected chi connectivity index (χ1v) is 8.17. The van der Waals surface area contributed by atoms with Crippen molar-refractivity contribution < 1.29 is 14.3 Å². The van der Waals surface area contributed by atoms with Crippen molar-refractivity contribution in [3.8, 4) is 0 Å². The Morgan fingerprint density at radius 1 is 1.16 bits per heavy atom. The topological polar surface area (TPSA) is 88.5 Å². The first-order valence-electron chi connectivity index (χ1n) is 8.17. The summed E-state index contributed by atoms with van der Waals surface area (Å²) in [5.74, 6) is -0.00789. The summed E-state index contributed by atoms with van der Waals surface area (Å²) in [6.07, 6.45) is 3.16. The van der Waals surface area contributed by atoms with Crippen molar-refractivity contribution in [1.29, 1.82) is 0 Å². The van der Waals surface area contributed by atoms with Crippen molar-refractivity contribution in [2.45, 2.75) is 13.1 Å². The van der Waals surface area contributed by atoms with Crippen molar-refractivity contribution in [1.82, 2.24) is 20.0 Å². The van der Waals surface area contributed by atoms with Crippen molar-refractivity contribution in [3.05, 3.63) is 48.3 Å². The first kappa shape index (κ1) is 17.0. The number of carbonyl (C=O) groups is 2. The lowest BCUT2D eigenvalue weighted by Gasteiger charge is -2.26. The Bertz CT molecular complexity index is 710. The molecule has 1 aromatic heterocycles. The normalized spacial score (nSPS) is 14.2. The maximum Gasteiger partial charge on any atom is 0.319 e. The molecule has 0 bridgehead atoms. The molecule has 132 valence electrons. The van der Waals surface area contributed by atoms with Gasteiger partial charge in [0.25, 0.3) is 0 Å². The van der Waals surface area contributed by atoms with E-state index in [2.05, 4.69) is 15.7 Å². The second-order valence-corrected chi connectivity index (χ2v) is 5.71. The van der Waals surface area contributed by atoms with Gasteiger partial charge in [0.15, 0.2) is 0 Å². The molecule has 0 atom stereocenters. The summed E-state index contributed by atoms with van der Waals surface area (Å²) in [4.78, 5) is 25.8. The minimum Gasteiger partial charge on any atom is -0.378 e. The number of nitrogens with zero attached hydrogens (tertiary/aromatic N) is 3. The highest BCUT2D eigenvalue weighted by atomic mass is 16.5. The number of hydrogen-bond donors (Lipinski definition) is 2. The van der Waals surface area contributed by atoms with E-state index in [1.54, 1.807) is 11.1 Å². The van der Waals surface area contributed by atoms with Crippen LogP contribution < -0.4 is 10.6 Å². The fourth-order valence-electron chi connectivity index (χ4n) is 2.52. The van der Waals surface area contributed by atoms with Gasteiger partial charge in [0, 0.05) is 25.8 Å². The number of rotatable bonds is 5. The highest BCUT2D eigenvalue weighted by Gasteiger charge is 2.17. The Labute approximate surface area is 145 Å². The number of nitrogens with one attached hydrogen (secondary N) is 2. The van der Waals surface area contributed by atoms with Crippen LogP contribution in [-0.2, 0) is 22.6 Å². The average molecular weight is 343 g/mol. The largest absolute Gasteiger partial charge is 0.378 e. The van der Waals surface area contributed by atoms with Gasteiger partial charge in [-0.2, -0.15) is 5.10 Å². The van der Waals surface area contributed by atoms with Crippen molar-refractivity contribution in [3.63, 3.8) is 0 Å². The number of hydrogen-bond acceptors (Lipinski definition) is 4. The Hall–Kier alpha value is -2.87. The molecule has 3 amide bonds. The fourth-order valence-corrected chi connectivity index (χ4v) is 2.52. The van der Waals surface area contributed by atoms with E-state index < -0.39 is 0 Å². The van der Waals surface area contributed by atoms with Crippen LogP contribution in [-0.4, -0.2) is 52.9 Å². The van der Waals surface area contributed by atoms with Crippen molar-refractivity contribution >= 4 is 17.6 Å². The number of benzene rings is 1. The van der Waals surface area contributed by atoms with Crippen LogP contribution in [0.1, 0.15) is 5.56 Å². The molecular formula is C17H21N5O3. The molecule has 8 nitrogen and oxygen atoms in total. The molecule has 0 spiro atoms. The van der Waals surface area contributed by atoms with Crippen LogP contribution in [0.3, 0.4) is 0 Å². The second-order valence-electron chi connectivity index (χ2n) is 5.71.